The fraction of sp³-hybridized carbons (Fsp3) is 0.407. The smallest absolute Gasteiger partial charge is 0.252 e. The standard InChI is InChI=1S/C27H34N6O/c1-18(2)24(25-29-30-31-33(25)27(4,5)6)32(16-20-10-8-7-9-11-20)17-22-15-21-14-19(3)12-13-23(21)28-26(22)34/h7-15,18,24H,16-17H2,1-6H3,(H,28,34)/t24-/m1/s1. The van der Waals surface area contributed by atoms with Gasteiger partial charge in [0.05, 0.1) is 11.6 Å². The van der Waals surface area contributed by atoms with Crippen LogP contribution in [0.4, 0.5) is 0 Å². The van der Waals surface area contributed by atoms with Crippen LogP contribution < -0.4 is 5.56 Å². The Morgan fingerprint density at radius 2 is 1.76 bits per heavy atom. The molecule has 7 heteroatoms. The van der Waals surface area contributed by atoms with Gasteiger partial charge in [0, 0.05) is 24.2 Å². The Balaban J connectivity index is 1.81. The van der Waals surface area contributed by atoms with Crippen LogP contribution in [0.1, 0.15) is 63.2 Å². The van der Waals surface area contributed by atoms with Gasteiger partial charge in [0.25, 0.3) is 5.56 Å². The zero-order valence-electron chi connectivity index (χ0n) is 20.9. The van der Waals surface area contributed by atoms with E-state index in [0.717, 1.165) is 27.9 Å². The molecule has 0 unspecified atom stereocenters. The first kappa shape index (κ1) is 23.8. The number of tetrazole rings is 1. The molecule has 2 aromatic carbocycles. The van der Waals surface area contributed by atoms with Crippen molar-refractivity contribution in [1.82, 2.24) is 30.1 Å². The quantitative estimate of drug-likeness (QED) is 0.423. The normalized spacial score (nSPS) is 13.2. The molecule has 0 fully saturated rings. The van der Waals surface area contributed by atoms with Gasteiger partial charge < -0.3 is 4.98 Å². The van der Waals surface area contributed by atoms with Crippen LogP contribution in [-0.2, 0) is 18.6 Å². The van der Waals surface area contributed by atoms with Gasteiger partial charge >= 0.3 is 0 Å². The zero-order chi connectivity index (χ0) is 24.5. The van der Waals surface area contributed by atoms with Crippen LogP contribution in [0.25, 0.3) is 10.9 Å². The van der Waals surface area contributed by atoms with E-state index in [1.807, 2.05) is 41.1 Å². The zero-order valence-corrected chi connectivity index (χ0v) is 20.9. The van der Waals surface area contributed by atoms with E-state index in [2.05, 4.69) is 85.2 Å². The first-order valence-corrected chi connectivity index (χ1v) is 11.8. The van der Waals surface area contributed by atoms with Crippen LogP contribution in [-0.4, -0.2) is 30.1 Å². The molecule has 0 bridgehead atoms. The molecule has 0 amide bonds. The fourth-order valence-electron chi connectivity index (χ4n) is 4.52. The van der Waals surface area contributed by atoms with Crippen molar-refractivity contribution >= 4 is 10.9 Å². The van der Waals surface area contributed by atoms with E-state index in [0.29, 0.717) is 13.1 Å². The molecule has 4 rings (SSSR count). The third-order valence-corrected chi connectivity index (χ3v) is 6.10. The van der Waals surface area contributed by atoms with Crippen molar-refractivity contribution in [2.75, 3.05) is 0 Å². The topological polar surface area (TPSA) is 79.7 Å². The molecular weight excluding hydrogens is 424 g/mol. The number of aryl methyl sites for hydroxylation is 1. The van der Waals surface area contributed by atoms with Crippen molar-refractivity contribution in [3.8, 4) is 0 Å². The van der Waals surface area contributed by atoms with E-state index in [-0.39, 0.29) is 23.1 Å². The average molecular weight is 459 g/mol. The molecule has 0 saturated heterocycles. The lowest BCUT2D eigenvalue weighted by molar-refractivity contribution is 0.120. The molecule has 178 valence electrons. The number of aromatic amines is 1. The summed E-state index contributed by atoms with van der Waals surface area (Å²) in [4.78, 5) is 18.5. The summed E-state index contributed by atoms with van der Waals surface area (Å²) in [6.45, 7) is 13.9. The summed E-state index contributed by atoms with van der Waals surface area (Å²) in [5.74, 6) is 1.03. The van der Waals surface area contributed by atoms with Crippen molar-refractivity contribution in [2.24, 2.45) is 5.92 Å². The molecule has 1 N–H and O–H groups in total. The van der Waals surface area contributed by atoms with E-state index >= 15 is 0 Å². The Morgan fingerprint density at radius 3 is 2.44 bits per heavy atom. The van der Waals surface area contributed by atoms with Gasteiger partial charge in [-0.2, -0.15) is 0 Å². The van der Waals surface area contributed by atoms with Crippen molar-refractivity contribution in [2.45, 2.75) is 66.2 Å². The van der Waals surface area contributed by atoms with Crippen LogP contribution in [0, 0.1) is 12.8 Å². The highest BCUT2D eigenvalue weighted by molar-refractivity contribution is 5.79. The van der Waals surface area contributed by atoms with Crippen molar-refractivity contribution in [3.63, 3.8) is 0 Å². The van der Waals surface area contributed by atoms with Gasteiger partial charge in [0.15, 0.2) is 5.82 Å². The lowest BCUT2D eigenvalue weighted by Crippen LogP contribution is -2.37. The predicted molar refractivity (Wildman–Crippen MR) is 135 cm³/mol. The first-order chi connectivity index (χ1) is 16.1. The molecule has 2 aromatic heterocycles. The monoisotopic (exact) mass is 458 g/mol. The van der Waals surface area contributed by atoms with Crippen LogP contribution in [0.3, 0.4) is 0 Å². The fourth-order valence-corrected chi connectivity index (χ4v) is 4.52. The van der Waals surface area contributed by atoms with Crippen LogP contribution in [0.2, 0.25) is 0 Å². The Labute approximate surface area is 200 Å². The summed E-state index contributed by atoms with van der Waals surface area (Å²) in [6, 6.07) is 18.4. The number of benzene rings is 2. The second kappa shape index (κ2) is 9.50. The minimum Gasteiger partial charge on any atom is -0.322 e. The second-order valence-electron chi connectivity index (χ2n) is 10.4. The minimum atomic E-state index is -0.262. The van der Waals surface area contributed by atoms with E-state index in [9.17, 15) is 4.79 Å². The number of hydrogen-bond donors (Lipinski definition) is 1. The maximum atomic E-state index is 13.1. The maximum Gasteiger partial charge on any atom is 0.252 e. The van der Waals surface area contributed by atoms with Gasteiger partial charge in [-0.25, -0.2) is 4.68 Å². The Bertz CT molecular complexity index is 1320. The molecule has 34 heavy (non-hydrogen) atoms. The molecule has 0 radical (unpaired) electrons. The van der Waals surface area contributed by atoms with Crippen LogP contribution in [0.5, 0.6) is 0 Å². The third kappa shape index (κ3) is 5.09. The van der Waals surface area contributed by atoms with Crippen molar-refractivity contribution in [1.29, 1.82) is 0 Å². The highest BCUT2D eigenvalue weighted by atomic mass is 16.1. The molecule has 4 aromatic rings. The van der Waals surface area contributed by atoms with E-state index in [1.54, 1.807) is 0 Å². The number of nitrogens with zero attached hydrogens (tertiary/aromatic N) is 5. The number of fused-ring (bicyclic) bond motifs is 1. The van der Waals surface area contributed by atoms with Gasteiger partial charge in [0.1, 0.15) is 0 Å². The average Bonchev–Trinajstić information content (AvgIpc) is 3.25. The molecule has 7 nitrogen and oxygen atoms in total. The van der Waals surface area contributed by atoms with Gasteiger partial charge in [-0.15, -0.1) is 5.10 Å². The Morgan fingerprint density at radius 1 is 1.03 bits per heavy atom. The molecule has 0 saturated carbocycles. The number of aromatic nitrogens is 5. The van der Waals surface area contributed by atoms with E-state index in [1.165, 1.54) is 5.56 Å². The molecular formula is C27H34N6O. The van der Waals surface area contributed by atoms with E-state index in [4.69, 9.17) is 0 Å². The molecule has 0 aliphatic rings. The SMILES string of the molecule is Cc1ccc2[nH]c(=O)c(CN(Cc3ccccc3)[C@@H](c3nnnn3C(C)(C)C)C(C)C)cc2c1. The van der Waals surface area contributed by atoms with E-state index < -0.39 is 0 Å². The van der Waals surface area contributed by atoms with Gasteiger partial charge in [-0.3, -0.25) is 9.69 Å². The first-order valence-electron chi connectivity index (χ1n) is 11.8. The Kier molecular flexibility index (Phi) is 6.66. The number of rotatable bonds is 7. The van der Waals surface area contributed by atoms with Crippen molar-refractivity contribution < 1.29 is 0 Å². The lowest BCUT2D eigenvalue weighted by Gasteiger charge is -2.35. The predicted octanol–water partition coefficient (Wildman–Crippen LogP) is 4.98. The number of pyridine rings is 1. The summed E-state index contributed by atoms with van der Waals surface area (Å²) >= 11 is 0. The molecule has 1 atom stereocenters. The van der Waals surface area contributed by atoms with Crippen LogP contribution >= 0.6 is 0 Å². The summed E-state index contributed by atoms with van der Waals surface area (Å²) in [5.41, 5.74) is 3.60. The highest BCUT2D eigenvalue weighted by Crippen LogP contribution is 2.32. The molecule has 0 aliphatic heterocycles. The number of nitrogens with one attached hydrogen (secondary N) is 1. The number of hydrogen-bond acceptors (Lipinski definition) is 5. The van der Waals surface area contributed by atoms with Crippen LogP contribution in [0.15, 0.2) is 59.4 Å². The summed E-state index contributed by atoms with van der Waals surface area (Å²) in [7, 11) is 0. The molecule has 0 aliphatic carbocycles. The van der Waals surface area contributed by atoms with Gasteiger partial charge in [0.2, 0.25) is 0 Å². The minimum absolute atomic E-state index is 0.0627. The third-order valence-electron chi connectivity index (χ3n) is 6.10. The Hall–Kier alpha value is -3.32. The van der Waals surface area contributed by atoms with Gasteiger partial charge in [-0.05, 0) is 73.2 Å². The molecule has 0 spiro atoms. The second-order valence-corrected chi connectivity index (χ2v) is 10.4. The molecule has 2 heterocycles. The van der Waals surface area contributed by atoms with Gasteiger partial charge in [-0.1, -0.05) is 55.8 Å². The summed E-state index contributed by atoms with van der Waals surface area (Å²) in [6.07, 6.45) is 0. The number of H-pyrrole nitrogens is 1. The summed E-state index contributed by atoms with van der Waals surface area (Å²) < 4.78 is 1.91. The highest BCUT2D eigenvalue weighted by Gasteiger charge is 2.32. The summed E-state index contributed by atoms with van der Waals surface area (Å²) in [5, 5.41) is 13.8. The van der Waals surface area contributed by atoms with Crippen molar-refractivity contribution in [3.05, 3.63) is 87.5 Å². The maximum absolute atomic E-state index is 13.1. The lowest BCUT2D eigenvalue weighted by atomic mass is 9.98. The largest absolute Gasteiger partial charge is 0.322 e.